The second-order valence-electron chi connectivity index (χ2n) is 7.07. The van der Waals surface area contributed by atoms with Crippen LogP contribution in [0.5, 0.6) is 0 Å². The van der Waals surface area contributed by atoms with E-state index in [1.165, 1.54) is 4.90 Å². The molecule has 0 unspecified atom stereocenters. The molecule has 1 atom stereocenters. The number of anilines is 1. The quantitative estimate of drug-likeness (QED) is 0.566. The summed E-state index contributed by atoms with van der Waals surface area (Å²) in [5.74, 6) is 4.62. The van der Waals surface area contributed by atoms with Gasteiger partial charge in [0, 0.05) is 36.7 Å². The number of fused-ring (bicyclic) bond motifs is 1. The van der Waals surface area contributed by atoms with Gasteiger partial charge in [-0.1, -0.05) is 17.9 Å². The lowest BCUT2D eigenvalue weighted by Gasteiger charge is -2.13. The smallest absolute Gasteiger partial charge is 0.276 e. The summed E-state index contributed by atoms with van der Waals surface area (Å²) in [6, 6.07) is 13.8. The lowest BCUT2D eigenvalue weighted by molar-refractivity contribution is -0.137. The maximum absolute atomic E-state index is 12.7. The number of aromatic nitrogens is 2. The number of amides is 2. The van der Waals surface area contributed by atoms with Gasteiger partial charge in [0.2, 0.25) is 5.60 Å². The highest BCUT2D eigenvalue weighted by Crippen LogP contribution is 2.22. The third kappa shape index (κ3) is 3.48. The molecule has 2 aromatic carbocycles. The Morgan fingerprint density at radius 3 is 2.87 bits per heavy atom. The monoisotopic (exact) mass is 399 g/mol. The fraction of sp³-hybridized carbons (Fsp3) is 0.182. The summed E-state index contributed by atoms with van der Waals surface area (Å²) >= 11 is 0. The van der Waals surface area contributed by atoms with Gasteiger partial charge in [-0.2, -0.15) is 10.4 Å². The van der Waals surface area contributed by atoms with Gasteiger partial charge >= 0.3 is 0 Å². The fourth-order valence-electron chi connectivity index (χ4n) is 3.27. The number of nitrogens with one attached hydrogen (secondary N) is 2. The Morgan fingerprint density at radius 2 is 2.13 bits per heavy atom. The summed E-state index contributed by atoms with van der Waals surface area (Å²) in [7, 11) is 1.62. The molecule has 3 N–H and O–H groups in total. The molecule has 1 aliphatic heterocycles. The van der Waals surface area contributed by atoms with Crippen LogP contribution >= 0.6 is 0 Å². The second-order valence-corrected chi connectivity index (χ2v) is 7.07. The molecule has 30 heavy (non-hydrogen) atoms. The van der Waals surface area contributed by atoms with Crippen LogP contribution in [-0.2, 0) is 4.79 Å². The number of carbonyl (C=O) groups excluding carboxylic acids is 2. The Hall–Kier alpha value is -4.14. The van der Waals surface area contributed by atoms with Crippen molar-refractivity contribution in [3.8, 4) is 17.9 Å². The maximum Gasteiger partial charge on any atom is 0.276 e. The number of likely N-dealkylation sites (N-methyl/N-ethyl adjacent to an activating group) is 1. The highest BCUT2D eigenvalue weighted by Gasteiger charge is 2.42. The van der Waals surface area contributed by atoms with Crippen LogP contribution in [0.15, 0.2) is 42.5 Å². The van der Waals surface area contributed by atoms with Gasteiger partial charge in [-0.15, -0.1) is 0 Å². The standard InChI is InChI=1S/C22H17N5O3/c1-27-10-9-22(30,21(27)29)8-7-14-3-2-4-16(11-14)24-20(28)19-17-12-15(13-23)5-6-18(17)25-26-19/h2-6,11-12,30H,9-10H2,1H3,(H,24,28)(H,25,26)/t22-/m0/s1. The molecule has 0 saturated carbocycles. The molecule has 1 fully saturated rings. The van der Waals surface area contributed by atoms with Gasteiger partial charge in [-0.3, -0.25) is 14.7 Å². The highest BCUT2D eigenvalue weighted by atomic mass is 16.3. The summed E-state index contributed by atoms with van der Waals surface area (Å²) in [5, 5.41) is 29.6. The minimum Gasteiger partial charge on any atom is -0.369 e. The number of benzene rings is 2. The number of hydrogen-bond acceptors (Lipinski definition) is 5. The van der Waals surface area contributed by atoms with Gasteiger partial charge in [0.1, 0.15) is 0 Å². The van der Waals surface area contributed by atoms with E-state index >= 15 is 0 Å². The first-order valence-electron chi connectivity index (χ1n) is 9.20. The Morgan fingerprint density at radius 1 is 1.30 bits per heavy atom. The van der Waals surface area contributed by atoms with Gasteiger partial charge in [0.15, 0.2) is 5.69 Å². The molecule has 2 heterocycles. The Bertz CT molecular complexity index is 1280. The zero-order chi connectivity index (χ0) is 21.3. The number of nitriles is 1. The van der Waals surface area contributed by atoms with E-state index in [0.717, 1.165) is 0 Å². The van der Waals surface area contributed by atoms with E-state index in [2.05, 4.69) is 27.4 Å². The lowest BCUT2D eigenvalue weighted by atomic mass is 10.0. The van der Waals surface area contributed by atoms with E-state index in [9.17, 15) is 14.7 Å². The molecule has 1 saturated heterocycles. The minimum absolute atomic E-state index is 0.174. The number of rotatable bonds is 2. The summed E-state index contributed by atoms with van der Waals surface area (Å²) in [6.45, 7) is 0.450. The van der Waals surface area contributed by atoms with E-state index in [-0.39, 0.29) is 12.1 Å². The van der Waals surface area contributed by atoms with Crippen LogP contribution in [0.4, 0.5) is 5.69 Å². The number of likely N-dealkylation sites (tertiary alicyclic amines) is 1. The first-order chi connectivity index (χ1) is 14.4. The molecule has 0 radical (unpaired) electrons. The van der Waals surface area contributed by atoms with E-state index in [1.54, 1.807) is 49.5 Å². The largest absolute Gasteiger partial charge is 0.369 e. The average Bonchev–Trinajstić information content (AvgIpc) is 3.29. The van der Waals surface area contributed by atoms with Crippen molar-refractivity contribution in [2.75, 3.05) is 18.9 Å². The molecule has 0 spiro atoms. The predicted octanol–water partition coefficient (Wildman–Crippen LogP) is 1.63. The molecule has 1 aromatic heterocycles. The van der Waals surface area contributed by atoms with Crippen molar-refractivity contribution < 1.29 is 14.7 Å². The minimum atomic E-state index is -1.68. The molecular weight excluding hydrogens is 382 g/mol. The van der Waals surface area contributed by atoms with Crippen LogP contribution in [-0.4, -0.2) is 51.2 Å². The summed E-state index contributed by atoms with van der Waals surface area (Å²) in [5.41, 5.74) is 0.606. The Balaban J connectivity index is 1.56. The van der Waals surface area contributed by atoms with E-state index < -0.39 is 17.4 Å². The lowest BCUT2D eigenvalue weighted by Crippen LogP contribution is -2.37. The van der Waals surface area contributed by atoms with Gasteiger partial charge in [0.25, 0.3) is 11.8 Å². The molecule has 4 rings (SSSR count). The summed E-state index contributed by atoms with van der Waals surface area (Å²) < 4.78 is 0. The number of aliphatic hydroxyl groups is 1. The van der Waals surface area contributed by atoms with E-state index in [1.807, 2.05) is 6.07 Å². The van der Waals surface area contributed by atoms with Crippen LogP contribution in [0.1, 0.15) is 28.0 Å². The molecule has 0 aliphatic carbocycles. The van der Waals surface area contributed by atoms with Crippen LogP contribution < -0.4 is 5.32 Å². The third-order valence-electron chi connectivity index (χ3n) is 4.95. The summed E-state index contributed by atoms with van der Waals surface area (Å²) in [4.78, 5) is 26.2. The van der Waals surface area contributed by atoms with Crippen molar-refractivity contribution in [1.29, 1.82) is 5.26 Å². The van der Waals surface area contributed by atoms with E-state index in [4.69, 9.17) is 5.26 Å². The van der Waals surface area contributed by atoms with Crippen molar-refractivity contribution in [1.82, 2.24) is 15.1 Å². The zero-order valence-electron chi connectivity index (χ0n) is 16.1. The number of H-pyrrole nitrogens is 1. The highest BCUT2D eigenvalue weighted by molar-refractivity contribution is 6.11. The van der Waals surface area contributed by atoms with Crippen LogP contribution in [0.2, 0.25) is 0 Å². The average molecular weight is 399 g/mol. The molecule has 148 valence electrons. The van der Waals surface area contributed by atoms with Crippen molar-refractivity contribution >= 4 is 28.4 Å². The van der Waals surface area contributed by atoms with Crippen molar-refractivity contribution in [2.24, 2.45) is 0 Å². The zero-order valence-corrected chi connectivity index (χ0v) is 16.1. The first-order valence-corrected chi connectivity index (χ1v) is 9.20. The molecule has 2 amide bonds. The Kier molecular flexibility index (Phi) is 4.71. The molecule has 8 nitrogen and oxygen atoms in total. The SMILES string of the molecule is CN1CC[C@@](O)(C#Cc2cccc(NC(=O)c3n[nH]c4ccc(C#N)cc34)c2)C1=O. The Labute approximate surface area is 172 Å². The number of nitrogens with zero attached hydrogens (tertiary/aromatic N) is 3. The normalized spacial score (nSPS) is 18.0. The second kappa shape index (κ2) is 7.36. The van der Waals surface area contributed by atoms with Crippen molar-refractivity contribution in [3.05, 3.63) is 59.3 Å². The third-order valence-corrected chi connectivity index (χ3v) is 4.95. The molecule has 1 aliphatic rings. The van der Waals surface area contributed by atoms with Crippen molar-refractivity contribution in [2.45, 2.75) is 12.0 Å². The van der Waals surface area contributed by atoms with Crippen LogP contribution in [0.25, 0.3) is 10.9 Å². The molecular formula is C22H17N5O3. The maximum atomic E-state index is 12.7. The van der Waals surface area contributed by atoms with Gasteiger partial charge in [0.05, 0.1) is 17.1 Å². The molecule has 0 bridgehead atoms. The predicted molar refractivity (Wildman–Crippen MR) is 109 cm³/mol. The number of hydrogen-bond donors (Lipinski definition) is 3. The van der Waals surface area contributed by atoms with Gasteiger partial charge in [-0.05, 0) is 36.4 Å². The number of aromatic amines is 1. The number of carbonyl (C=O) groups is 2. The fourth-order valence-corrected chi connectivity index (χ4v) is 3.27. The molecule has 3 aromatic rings. The van der Waals surface area contributed by atoms with Gasteiger partial charge in [-0.25, -0.2) is 0 Å². The van der Waals surface area contributed by atoms with Crippen LogP contribution in [0, 0.1) is 23.2 Å². The van der Waals surface area contributed by atoms with Gasteiger partial charge < -0.3 is 15.3 Å². The summed E-state index contributed by atoms with van der Waals surface area (Å²) in [6.07, 6.45) is 0.253. The first kappa shape index (κ1) is 19.2. The topological polar surface area (TPSA) is 122 Å². The van der Waals surface area contributed by atoms with Crippen molar-refractivity contribution in [3.63, 3.8) is 0 Å². The molecule has 8 heteroatoms. The van der Waals surface area contributed by atoms with Crippen LogP contribution in [0.3, 0.4) is 0 Å². The van der Waals surface area contributed by atoms with E-state index in [0.29, 0.717) is 34.3 Å².